The van der Waals surface area contributed by atoms with Crippen molar-refractivity contribution in [3.05, 3.63) is 44.9 Å². The second-order valence-electron chi connectivity index (χ2n) is 8.46. The topological polar surface area (TPSA) is 99.3 Å². The Hall–Kier alpha value is -2.18. The van der Waals surface area contributed by atoms with Crippen LogP contribution >= 0.6 is 27.7 Å². The molecule has 2 fully saturated rings. The molecule has 1 aromatic carbocycles. The van der Waals surface area contributed by atoms with Crippen molar-refractivity contribution >= 4 is 61.0 Å². The number of ether oxygens (including phenoxy) is 1. The van der Waals surface area contributed by atoms with Gasteiger partial charge in [-0.2, -0.15) is 0 Å². The number of anilines is 2. The second-order valence-corrected chi connectivity index (χ2v) is 12.2. The molecule has 9 nitrogen and oxygen atoms in total. The first kappa shape index (κ1) is 25.9. The van der Waals surface area contributed by atoms with E-state index in [0.717, 1.165) is 49.3 Å². The Bertz CT molecular complexity index is 1200. The highest BCUT2D eigenvalue weighted by Gasteiger charge is 2.43. The lowest BCUT2D eigenvalue weighted by molar-refractivity contribution is -0.118. The molecule has 3 aliphatic rings. The van der Waals surface area contributed by atoms with E-state index in [4.69, 9.17) is 4.74 Å². The number of rotatable bonds is 7. The Morgan fingerprint density at radius 3 is 2.69 bits per heavy atom. The normalized spacial score (nSPS) is 21.6. The van der Waals surface area contributed by atoms with Crippen LogP contribution in [0.3, 0.4) is 0 Å². The van der Waals surface area contributed by atoms with Crippen LogP contribution in [0.1, 0.15) is 30.6 Å². The minimum absolute atomic E-state index is 0.172. The van der Waals surface area contributed by atoms with E-state index >= 15 is 0 Å². The van der Waals surface area contributed by atoms with Gasteiger partial charge in [0.15, 0.2) is 0 Å². The number of esters is 1. The van der Waals surface area contributed by atoms with Crippen LogP contribution < -0.4 is 14.5 Å². The number of carbonyl (C=O) groups excluding carboxylic acids is 2. The fourth-order valence-corrected chi connectivity index (χ4v) is 6.73. The van der Waals surface area contributed by atoms with Crippen molar-refractivity contribution in [2.45, 2.75) is 26.4 Å². The van der Waals surface area contributed by atoms with Crippen molar-refractivity contribution in [2.75, 3.05) is 54.6 Å². The van der Waals surface area contributed by atoms with E-state index in [2.05, 4.69) is 49.5 Å². The molecule has 1 N–H and O–H groups in total. The minimum atomic E-state index is -3.70. The highest BCUT2D eigenvalue weighted by Crippen LogP contribution is 2.48. The van der Waals surface area contributed by atoms with Gasteiger partial charge in [0.05, 0.1) is 34.8 Å². The van der Waals surface area contributed by atoms with E-state index in [1.54, 1.807) is 13.0 Å². The van der Waals surface area contributed by atoms with Crippen molar-refractivity contribution < 1.29 is 22.7 Å². The third-order valence-electron chi connectivity index (χ3n) is 6.10. The van der Waals surface area contributed by atoms with Gasteiger partial charge in [-0.15, -0.1) is 11.8 Å². The molecule has 1 amide bonds. The molecule has 0 aliphatic carbocycles. The smallest absolute Gasteiger partial charge is 0.339 e. The Labute approximate surface area is 218 Å². The number of nitrogens with one attached hydrogen (secondary N) is 1. The first-order valence-electron chi connectivity index (χ1n) is 11.5. The SMILES string of the molecule is CCOC(=O)c1cc2c(cc1Br)N1CCC(=CC=C3SCCN3CC)C1N2CC(=O)NS(C)(=O)=O. The van der Waals surface area contributed by atoms with Crippen molar-refractivity contribution in [3.8, 4) is 0 Å². The summed E-state index contributed by atoms with van der Waals surface area (Å²) in [6.07, 6.45) is 5.77. The number of amides is 1. The van der Waals surface area contributed by atoms with Gasteiger partial charge in [0.2, 0.25) is 10.0 Å². The summed E-state index contributed by atoms with van der Waals surface area (Å²) in [6, 6.07) is 3.58. The van der Waals surface area contributed by atoms with Gasteiger partial charge in [0, 0.05) is 29.9 Å². The molecular weight excluding hydrogens is 556 g/mol. The minimum Gasteiger partial charge on any atom is -0.462 e. The van der Waals surface area contributed by atoms with Gasteiger partial charge in [-0.05, 0) is 60.0 Å². The van der Waals surface area contributed by atoms with E-state index < -0.39 is 21.9 Å². The van der Waals surface area contributed by atoms with Gasteiger partial charge in [0.25, 0.3) is 5.91 Å². The standard InChI is InChI=1S/C23H29BrN4O5S2/c1-4-26-10-11-34-21(26)7-6-15-8-9-27-19-13-17(24)16(23(30)33-5-2)12-18(19)28(22(15)27)14-20(29)25-35(3,31)32/h6-7,12-13,22H,4-5,8-11,14H2,1-3H3,(H,25,29). The first-order valence-corrected chi connectivity index (χ1v) is 15.1. The lowest BCUT2D eigenvalue weighted by Gasteiger charge is -2.28. The summed E-state index contributed by atoms with van der Waals surface area (Å²) in [5.74, 6) is -0.0334. The maximum atomic E-state index is 12.7. The highest BCUT2D eigenvalue weighted by molar-refractivity contribution is 9.10. The van der Waals surface area contributed by atoms with E-state index in [9.17, 15) is 18.0 Å². The predicted octanol–water partition coefficient (Wildman–Crippen LogP) is 2.89. The number of hydrogen-bond donors (Lipinski definition) is 1. The molecule has 2 saturated heterocycles. The van der Waals surface area contributed by atoms with Crippen molar-refractivity contribution in [1.29, 1.82) is 0 Å². The molecule has 190 valence electrons. The molecule has 0 aromatic heterocycles. The third-order valence-corrected chi connectivity index (χ3v) is 8.43. The summed E-state index contributed by atoms with van der Waals surface area (Å²) in [5.41, 5.74) is 3.05. The van der Waals surface area contributed by atoms with Gasteiger partial charge in [-0.1, -0.05) is 6.08 Å². The van der Waals surface area contributed by atoms with Crippen LogP contribution in [0.4, 0.5) is 11.4 Å². The molecular formula is C23H29BrN4O5S2. The van der Waals surface area contributed by atoms with Crippen LogP contribution in [0.2, 0.25) is 0 Å². The zero-order chi connectivity index (χ0) is 25.3. The van der Waals surface area contributed by atoms with Crippen molar-refractivity contribution in [1.82, 2.24) is 9.62 Å². The number of sulfonamides is 1. The molecule has 0 bridgehead atoms. The van der Waals surface area contributed by atoms with E-state index in [0.29, 0.717) is 15.7 Å². The summed E-state index contributed by atoms with van der Waals surface area (Å²) in [5, 5.41) is 1.22. The second kappa shape index (κ2) is 10.4. The number of nitrogens with zero attached hydrogens (tertiary/aromatic N) is 3. The quantitative estimate of drug-likeness (QED) is 0.485. The maximum Gasteiger partial charge on any atom is 0.339 e. The van der Waals surface area contributed by atoms with Crippen LogP contribution in [0.5, 0.6) is 0 Å². The Morgan fingerprint density at radius 2 is 2.00 bits per heavy atom. The molecule has 1 atom stereocenters. The van der Waals surface area contributed by atoms with Crippen molar-refractivity contribution in [3.63, 3.8) is 0 Å². The molecule has 35 heavy (non-hydrogen) atoms. The van der Waals surface area contributed by atoms with Gasteiger partial charge in [-0.25, -0.2) is 13.2 Å². The number of hydrogen-bond acceptors (Lipinski definition) is 9. The Balaban J connectivity index is 1.73. The fraction of sp³-hybridized carbons (Fsp3) is 0.478. The number of allylic oxidation sites excluding steroid dienone is 2. The molecule has 3 aliphatic heterocycles. The van der Waals surface area contributed by atoms with Gasteiger partial charge < -0.3 is 19.4 Å². The van der Waals surface area contributed by atoms with Gasteiger partial charge in [0.1, 0.15) is 12.7 Å². The molecule has 0 radical (unpaired) electrons. The van der Waals surface area contributed by atoms with Crippen LogP contribution in [0.25, 0.3) is 0 Å². The van der Waals surface area contributed by atoms with Crippen molar-refractivity contribution in [2.24, 2.45) is 0 Å². The number of halogens is 1. The number of carbonyl (C=O) groups is 2. The van der Waals surface area contributed by atoms with Gasteiger partial charge >= 0.3 is 5.97 Å². The summed E-state index contributed by atoms with van der Waals surface area (Å²) >= 11 is 5.32. The fourth-order valence-electron chi connectivity index (χ4n) is 4.67. The van der Waals surface area contributed by atoms with E-state index in [1.165, 1.54) is 5.03 Å². The van der Waals surface area contributed by atoms with Crippen LogP contribution in [-0.2, 0) is 19.6 Å². The molecule has 0 spiro atoms. The number of benzene rings is 1. The lowest BCUT2D eigenvalue weighted by Crippen LogP contribution is -2.46. The predicted molar refractivity (Wildman–Crippen MR) is 142 cm³/mol. The zero-order valence-electron chi connectivity index (χ0n) is 19.9. The highest BCUT2D eigenvalue weighted by atomic mass is 79.9. The molecule has 1 aromatic rings. The summed E-state index contributed by atoms with van der Waals surface area (Å²) in [6.45, 7) is 6.67. The van der Waals surface area contributed by atoms with Crippen LogP contribution in [-0.4, -0.2) is 76.2 Å². The number of fused-ring (bicyclic) bond motifs is 3. The zero-order valence-corrected chi connectivity index (χ0v) is 23.1. The first-order chi connectivity index (χ1) is 16.6. The largest absolute Gasteiger partial charge is 0.462 e. The Morgan fingerprint density at radius 1 is 1.23 bits per heavy atom. The Kier molecular flexibility index (Phi) is 7.72. The maximum absolute atomic E-state index is 12.7. The molecule has 4 rings (SSSR count). The molecule has 0 saturated carbocycles. The van der Waals surface area contributed by atoms with Crippen LogP contribution in [0.15, 0.2) is 39.4 Å². The van der Waals surface area contributed by atoms with E-state index in [-0.39, 0.29) is 19.3 Å². The monoisotopic (exact) mass is 584 g/mol. The molecule has 1 unspecified atom stereocenters. The summed E-state index contributed by atoms with van der Waals surface area (Å²) < 4.78 is 31.2. The summed E-state index contributed by atoms with van der Waals surface area (Å²) in [7, 11) is -3.70. The average Bonchev–Trinajstić information content (AvgIpc) is 3.47. The number of thioether (sulfide) groups is 1. The van der Waals surface area contributed by atoms with Gasteiger partial charge in [-0.3, -0.25) is 9.52 Å². The molecule has 3 heterocycles. The third kappa shape index (κ3) is 5.49. The summed E-state index contributed by atoms with van der Waals surface area (Å²) in [4.78, 5) is 31.6. The lowest BCUT2D eigenvalue weighted by atomic mass is 10.1. The van der Waals surface area contributed by atoms with Crippen LogP contribution in [0, 0.1) is 0 Å². The van der Waals surface area contributed by atoms with E-state index in [1.807, 2.05) is 22.7 Å². The molecule has 12 heteroatoms. The average molecular weight is 586 g/mol.